The average molecular weight is 373 g/mol. The Labute approximate surface area is 160 Å². The van der Waals surface area contributed by atoms with Crippen molar-refractivity contribution in [1.82, 2.24) is 9.80 Å². The van der Waals surface area contributed by atoms with Crippen LogP contribution in [0, 0.1) is 6.92 Å². The van der Waals surface area contributed by atoms with Crippen LogP contribution in [0.4, 0.5) is 0 Å². The summed E-state index contributed by atoms with van der Waals surface area (Å²) in [5.74, 6) is -0.0405. The van der Waals surface area contributed by atoms with E-state index in [0.29, 0.717) is 36.6 Å². The summed E-state index contributed by atoms with van der Waals surface area (Å²) >= 11 is 6.24. The van der Waals surface area contributed by atoms with Gasteiger partial charge in [-0.25, -0.2) is 0 Å². The second-order valence-electron chi connectivity index (χ2n) is 7.43. The summed E-state index contributed by atoms with van der Waals surface area (Å²) in [5, 5.41) is 11.4. The fraction of sp³-hybridized carbons (Fsp3) is 0.381. The van der Waals surface area contributed by atoms with Gasteiger partial charge < -0.3 is 14.9 Å². The lowest BCUT2D eigenvalue weighted by molar-refractivity contribution is 0.0236. The molecule has 2 aromatic carbocycles. The van der Waals surface area contributed by atoms with Gasteiger partial charge in [-0.1, -0.05) is 35.9 Å². The molecule has 1 aliphatic heterocycles. The molecule has 5 heteroatoms. The van der Waals surface area contributed by atoms with Crippen LogP contribution in [0.5, 0.6) is 0 Å². The van der Waals surface area contributed by atoms with E-state index in [-0.39, 0.29) is 5.91 Å². The Bertz CT molecular complexity index is 821. The van der Waals surface area contributed by atoms with Crippen molar-refractivity contribution in [3.05, 3.63) is 58.6 Å². The highest BCUT2D eigenvalue weighted by atomic mass is 35.5. The van der Waals surface area contributed by atoms with Gasteiger partial charge in [0.1, 0.15) is 0 Å². The molecule has 1 fully saturated rings. The molecular weight excluding hydrogens is 348 g/mol. The second kappa shape index (κ2) is 7.39. The van der Waals surface area contributed by atoms with Gasteiger partial charge in [-0.05, 0) is 62.3 Å². The minimum atomic E-state index is -0.833. The van der Waals surface area contributed by atoms with Gasteiger partial charge in [-0.3, -0.25) is 4.79 Å². The van der Waals surface area contributed by atoms with Crippen LogP contribution in [-0.4, -0.2) is 60.1 Å². The summed E-state index contributed by atoms with van der Waals surface area (Å²) in [5.41, 5.74) is 2.80. The molecule has 4 nitrogen and oxygen atoms in total. The Morgan fingerprint density at radius 3 is 2.73 bits per heavy atom. The van der Waals surface area contributed by atoms with E-state index in [9.17, 15) is 9.90 Å². The predicted molar refractivity (Wildman–Crippen MR) is 106 cm³/mol. The highest BCUT2D eigenvalue weighted by Crippen LogP contribution is 2.30. The van der Waals surface area contributed by atoms with Crippen molar-refractivity contribution in [2.24, 2.45) is 0 Å². The Balaban J connectivity index is 1.83. The number of amides is 1. The van der Waals surface area contributed by atoms with Crippen LogP contribution in [0.15, 0.2) is 42.5 Å². The SMILES string of the molecule is Cc1c(Cl)cccc1-c1cccc(C(=O)N2CCC(O)(CN(C)C)C2)c1. The van der Waals surface area contributed by atoms with Gasteiger partial charge in [0.2, 0.25) is 0 Å². The largest absolute Gasteiger partial charge is 0.387 e. The number of rotatable bonds is 4. The van der Waals surface area contributed by atoms with E-state index in [2.05, 4.69) is 0 Å². The molecule has 3 rings (SSSR count). The van der Waals surface area contributed by atoms with Crippen LogP contribution >= 0.6 is 11.6 Å². The lowest BCUT2D eigenvalue weighted by Crippen LogP contribution is -2.43. The number of hydrogen-bond donors (Lipinski definition) is 1. The molecular formula is C21H25ClN2O2. The first-order chi connectivity index (χ1) is 12.3. The summed E-state index contributed by atoms with van der Waals surface area (Å²) in [7, 11) is 3.86. The summed E-state index contributed by atoms with van der Waals surface area (Å²) in [6.07, 6.45) is 0.601. The van der Waals surface area contributed by atoms with Gasteiger partial charge in [-0.15, -0.1) is 0 Å². The molecule has 138 valence electrons. The minimum absolute atomic E-state index is 0.0405. The molecule has 0 bridgehead atoms. The number of β-amino-alcohol motifs (C(OH)–C–C–N with tert-alkyl or cyclic N) is 1. The fourth-order valence-electron chi connectivity index (χ4n) is 3.67. The van der Waals surface area contributed by atoms with Crippen LogP contribution in [0.25, 0.3) is 11.1 Å². The number of carbonyl (C=O) groups excluding carboxylic acids is 1. The highest BCUT2D eigenvalue weighted by molar-refractivity contribution is 6.31. The van der Waals surface area contributed by atoms with Crippen LogP contribution in [0.1, 0.15) is 22.3 Å². The van der Waals surface area contributed by atoms with Gasteiger partial charge >= 0.3 is 0 Å². The van der Waals surface area contributed by atoms with Crippen molar-refractivity contribution in [3.8, 4) is 11.1 Å². The molecule has 0 aliphatic carbocycles. The number of aliphatic hydroxyl groups is 1. The topological polar surface area (TPSA) is 43.8 Å². The maximum atomic E-state index is 12.9. The molecule has 0 spiro atoms. The van der Waals surface area contributed by atoms with E-state index in [1.54, 1.807) is 4.90 Å². The van der Waals surface area contributed by atoms with E-state index in [1.165, 1.54) is 0 Å². The van der Waals surface area contributed by atoms with Crippen LogP contribution < -0.4 is 0 Å². The van der Waals surface area contributed by atoms with Crippen molar-refractivity contribution in [3.63, 3.8) is 0 Å². The third kappa shape index (κ3) is 3.93. The molecule has 2 aromatic rings. The van der Waals surface area contributed by atoms with Crippen LogP contribution in [0.2, 0.25) is 5.02 Å². The van der Waals surface area contributed by atoms with Crippen molar-refractivity contribution in [2.45, 2.75) is 18.9 Å². The molecule has 1 N–H and O–H groups in total. The van der Waals surface area contributed by atoms with E-state index in [4.69, 9.17) is 11.6 Å². The minimum Gasteiger partial charge on any atom is -0.387 e. The number of carbonyl (C=O) groups is 1. The zero-order valence-electron chi connectivity index (χ0n) is 15.5. The number of likely N-dealkylation sites (tertiary alicyclic amines) is 1. The smallest absolute Gasteiger partial charge is 0.253 e. The molecule has 1 unspecified atom stereocenters. The third-order valence-electron chi connectivity index (χ3n) is 4.92. The Morgan fingerprint density at radius 2 is 2.00 bits per heavy atom. The van der Waals surface area contributed by atoms with Crippen LogP contribution in [0.3, 0.4) is 0 Å². The van der Waals surface area contributed by atoms with E-state index in [0.717, 1.165) is 16.7 Å². The molecule has 0 aromatic heterocycles. The summed E-state index contributed by atoms with van der Waals surface area (Å²) in [4.78, 5) is 16.6. The normalized spacial score (nSPS) is 20.0. The van der Waals surface area contributed by atoms with E-state index in [1.807, 2.05) is 68.4 Å². The first-order valence-electron chi connectivity index (χ1n) is 8.81. The van der Waals surface area contributed by atoms with Crippen molar-refractivity contribution in [1.29, 1.82) is 0 Å². The van der Waals surface area contributed by atoms with Crippen LogP contribution in [-0.2, 0) is 0 Å². The molecule has 0 radical (unpaired) electrons. The van der Waals surface area contributed by atoms with Gasteiger partial charge in [-0.2, -0.15) is 0 Å². The summed E-state index contributed by atoms with van der Waals surface area (Å²) < 4.78 is 0. The second-order valence-corrected chi connectivity index (χ2v) is 7.84. The Kier molecular flexibility index (Phi) is 5.37. The Morgan fingerprint density at radius 1 is 1.27 bits per heavy atom. The van der Waals surface area contributed by atoms with Gasteiger partial charge in [0, 0.05) is 23.7 Å². The molecule has 1 amide bonds. The number of nitrogens with zero attached hydrogens (tertiary/aromatic N) is 2. The van der Waals surface area contributed by atoms with Gasteiger partial charge in [0.25, 0.3) is 5.91 Å². The summed E-state index contributed by atoms with van der Waals surface area (Å²) in [6.45, 7) is 3.47. The first-order valence-corrected chi connectivity index (χ1v) is 9.19. The van der Waals surface area contributed by atoms with E-state index >= 15 is 0 Å². The van der Waals surface area contributed by atoms with Crippen molar-refractivity contribution in [2.75, 3.05) is 33.7 Å². The van der Waals surface area contributed by atoms with Crippen molar-refractivity contribution < 1.29 is 9.90 Å². The maximum Gasteiger partial charge on any atom is 0.253 e. The fourth-order valence-corrected chi connectivity index (χ4v) is 3.84. The van der Waals surface area contributed by atoms with E-state index < -0.39 is 5.60 Å². The number of hydrogen-bond acceptors (Lipinski definition) is 3. The van der Waals surface area contributed by atoms with Gasteiger partial charge in [0.15, 0.2) is 0 Å². The molecule has 0 saturated carbocycles. The highest BCUT2D eigenvalue weighted by Gasteiger charge is 2.38. The number of benzene rings is 2. The monoisotopic (exact) mass is 372 g/mol. The lowest BCUT2D eigenvalue weighted by atomic mass is 9.98. The number of likely N-dealkylation sites (N-methyl/N-ethyl adjacent to an activating group) is 1. The quantitative estimate of drug-likeness (QED) is 0.893. The molecule has 1 aliphatic rings. The van der Waals surface area contributed by atoms with Crippen molar-refractivity contribution >= 4 is 17.5 Å². The first kappa shape index (κ1) is 18.9. The molecule has 1 heterocycles. The summed E-state index contributed by atoms with van der Waals surface area (Å²) in [6, 6.07) is 13.4. The Hall–Kier alpha value is -1.88. The molecule has 26 heavy (non-hydrogen) atoms. The zero-order valence-corrected chi connectivity index (χ0v) is 16.3. The predicted octanol–water partition coefficient (Wildman–Crippen LogP) is 3.45. The maximum absolute atomic E-state index is 12.9. The number of halogens is 1. The van der Waals surface area contributed by atoms with Gasteiger partial charge in [0.05, 0.1) is 12.1 Å². The lowest BCUT2D eigenvalue weighted by Gasteiger charge is -2.26. The third-order valence-corrected chi connectivity index (χ3v) is 5.33. The average Bonchev–Trinajstić information content (AvgIpc) is 2.97. The molecule has 1 atom stereocenters. The standard InChI is InChI=1S/C21H25ClN2O2/c1-15-18(8-5-9-19(15)22)16-6-4-7-17(12-16)20(25)24-11-10-21(26,14-24)13-23(2)3/h4-9,12,26H,10-11,13-14H2,1-3H3. The zero-order chi connectivity index (χ0) is 18.9. The molecule has 1 saturated heterocycles.